The summed E-state index contributed by atoms with van der Waals surface area (Å²) in [6.45, 7) is 0.917. The lowest BCUT2D eigenvalue weighted by Gasteiger charge is -2.27. The highest BCUT2D eigenvalue weighted by atomic mass is 32.2. The van der Waals surface area contributed by atoms with Gasteiger partial charge in [0, 0.05) is 4.90 Å². The van der Waals surface area contributed by atoms with Crippen molar-refractivity contribution in [3.05, 3.63) is 54.6 Å². The van der Waals surface area contributed by atoms with Crippen molar-refractivity contribution in [2.24, 2.45) is 0 Å². The highest BCUT2D eigenvalue weighted by molar-refractivity contribution is 8.01. The Kier molecular flexibility index (Phi) is 4.10. The Morgan fingerprint density at radius 1 is 1.08 bits per heavy atom. The van der Waals surface area contributed by atoms with Gasteiger partial charge >= 0.3 is 0 Å². The predicted octanol–water partition coefficient (Wildman–Crippen LogP) is 3.27. The van der Waals surface area contributed by atoms with Crippen molar-refractivity contribution in [2.75, 3.05) is 13.2 Å². The van der Waals surface area contributed by atoms with Gasteiger partial charge in [-0.3, -0.25) is 4.79 Å². The van der Waals surface area contributed by atoms with Gasteiger partial charge in [0.1, 0.15) is 12.7 Å². The third-order valence-electron chi connectivity index (χ3n) is 4.23. The summed E-state index contributed by atoms with van der Waals surface area (Å²) < 4.78 is 11.3. The van der Waals surface area contributed by atoms with E-state index in [0.717, 1.165) is 29.2 Å². The minimum absolute atomic E-state index is 0.0961. The van der Waals surface area contributed by atoms with Gasteiger partial charge in [0.15, 0.2) is 11.5 Å². The first-order valence-electron chi connectivity index (χ1n) is 8.16. The topological polar surface area (TPSA) is 47.6 Å². The molecule has 2 aromatic carbocycles. The average molecular weight is 341 g/mol. The Bertz CT molecular complexity index is 730. The number of rotatable bonds is 5. The van der Waals surface area contributed by atoms with Crippen LogP contribution in [0.5, 0.6) is 11.5 Å². The van der Waals surface area contributed by atoms with Crippen LogP contribution in [0.25, 0.3) is 0 Å². The van der Waals surface area contributed by atoms with E-state index in [1.54, 1.807) is 11.8 Å². The molecule has 1 heterocycles. The molecule has 1 aliphatic heterocycles. The minimum Gasteiger partial charge on any atom is -0.486 e. The SMILES string of the molecule is O=C(NCC1COc2ccccc2O1)C1(Sc2ccccc2)CC1. The molecule has 24 heavy (non-hydrogen) atoms. The molecule has 1 atom stereocenters. The van der Waals surface area contributed by atoms with Gasteiger partial charge < -0.3 is 14.8 Å². The van der Waals surface area contributed by atoms with Crippen LogP contribution in [0.15, 0.2) is 59.5 Å². The normalized spacial score (nSPS) is 20.2. The van der Waals surface area contributed by atoms with E-state index >= 15 is 0 Å². The Balaban J connectivity index is 1.33. The first kappa shape index (κ1) is 15.4. The second kappa shape index (κ2) is 6.40. The zero-order chi connectivity index (χ0) is 16.4. The monoisotopic (exact) mass is 341 g/mol. The van der Waals surface area contributed by atoms with Gasteiger partial charge in [-0.25, -0.2) is 0 Å². The Morgan fingerprint density at radius 2 is 1.79 bits per heavy atom. The smallest absolute Gasteiger partial charge is 0.236 e. The molecule has 1 fully saturated rings. The van der Waals surface area contributed by atoms with E-state index < -0.39 is 0 Å². The maximum absolute atomic E-state index is 12.6. The molecule has 5 heteroatoms. The third-order valence-corrected chi connectivity index (χ3v) is 5.72. The second-order valence-electron chi connectivity index (χ2n) is 6.12. The molecule has 4 rings (SSSR count). The number of hydrogen-bond acceptors (Lipinski definition) is 4. The molecule has 0 saturated heterocycles. The number of para-hydroxylation sites is 2. The summed E-state index contributed by atoms with van der Waals surface area (Å²) in [4.78, 5) is 13.7. The summed E-state index contributed by atoms with van der Waals surface area (Å²) >= 11 is 1.66. The zero-order valence-corrected chi connectivity index (χ0v) is 14.1. The van der Waals surface area contributed by atoms with Crippen LogP contribution in [0.3, 0.4) is 0 Å². The largest absolute Gasteiger partial charge is 0.486 e. The van der Waals surface area contributed by atoms with E-state index in [1.165, 1.54) is 0 Å². The van der Waals surface area contributed by atoms with Crippen molar-refractivity contribution in [1.82, 2.24) is 5.32 Å². The lowest BCUT2D eigenvalue weighted by atomic mass is 10.2. The van der Waals surface area contributed by atoms with Gasteiger partial charge in [0.2, 0.25) is 5.91 Å². The number of amides is 1. The molecule has 0 radical (unpaired) electrons. The standard InChI is InChI=1S/C19H19NO3S/c21-18(19(10-11-19)24-15-6-2-1-3-7-15)20-12-14-13-22-16-8-4-5-9-17(16)23-14/h1-9,14H,10-13H2,(H,20,21). The molecule has 4 nitrogen and oxygen atoms in total. The molecule has 0 aromatic heterocycles. The van der Waals surface area contributed by atoms with E-state index in [2.05, 4.69) is 5.32 Å². The lowest BCUT2D eigenvalue weighted by Crippen LogP contribution is -2.44. The van der Waals surface area contributed by atoms with Crippen molar-refractivity contribution < 1.29 is 14.3 Å². The van der Waals surface area contributed by atoms with E-state index in [1.807, 2.05) is 54.6 Å². The number of hydrogen-bond donors (Lipinski definition) is 1. The first-order chi connectivity index (χ1) is 11.8. The summed E-state index contributed by atoms with van der Waals surface area (Å²) in [5.41, 5.74) is 0. The Hall–Kier alpha value is -2.14. The maximum atomic E-state index is 12.6. The molecule has 1 unspecified atom stereocenters. The lowest BCUT2D eigenvalue weighted by molar-refractivity contribution is -0.121. The van der Waals surface area contributed by atoms with Gasteiger partial charge in [-0.05, 0) is 37.1 Å². The summed E-state index contributed by atoms with van der Waals surface area (Å²) in [7, 11) is 0. The van der Waals surface area contributed by atoms with Crippen molar-refractivity contribution in [1.29, 1.82) is 0 Å². The molecule has 0 spiro atoms. The molecule has 1 saturated carbocycles. The molecular weight excluding hydrogens is 322 g/mol. The van der Waals surface area contributed by atoms with Crippen molar-refractivity contribution >= 4 is 17.7 Å². The second-order valence-corrected chi connectivity index (χ2v) is 7.57. The Morgan fingerprint density at radius 3 is 2.54 bits per heavy atom. The molecule has 2 aliphatic rings. The summed E-state index contributed by atoms with van der Waals surface area (Å²) in [5, 5.41) is 3.04. The molecule has 124 valence electrons. The van der Waals surface area contributed by atoms with Gasteiger partial charge in [0.05, 0.1) is 11.3 Å². The van der Waals surface area contributed by atoms with Crippen LogP contribution in [0, 0.1) is 0 Å². The fraction of sp³-hybridized carbons (Fsp3) is 0.316. The molecule has 0 bridgehead atoms. The number of thioether (sulfide) groups is 1. The minimum atomic E-state index is -0.311. The summed E-state index contributed by atoms with van der Waals surface area (Å²) in [5.74, 6) is 1.60. The predicted molar refractivity (Wildman–Crippen MR) is 93.6 cm³/mol. The van der Waals surface area contributed by atoms with Crippen LogP contribution in [0.1, 0.15) is 12.8 Å². The third kappa shape index (κ3) is 3.22. The van der Waals surface area contributed by atoms with Gasteiger partial charge in [-0.1, -0.05) is 30.3 Å². The van der Waals surface area contributed by atoms with E-state index in [-0.39, 0.29) is 16.8 Å². The number of carbonyl (C=O) groups is 1. The van der Waals surface area contributed by atoms with Crippen molar-refractivity contribution in [2.45, 2.75) is 28.6 Å². The number of benzene rings is 2. The van der Waals surface area contributed by atoms with Crippen LogP contribution in [-0.2, 0) is 4.79 Å². The van der Waals surface area contributed by atoms with E-state index in [0.29, 0.717) is 13.2 Å². The summed E-state index contributed by atoms with van der Waals surface area (Å²) in [6, 6.07) is 17.7. The highest BCUT2D eigenvalue weighted by Crippen LogP contribution is 2.51. The van der Waals surface area contributed by atoms with Gasteiger partial charge in [0.25, 0.3) is 0 Å². The molecular formula is C19H19NO3S. The van der Waals surface area contributed by atoms with Gasteiger partial charge in [-0.2, -0.15) is 0 Å². The molecule has 1 amide bonds. The van der Waals surface area contributed by atoms with Crippen molar-refractivity contribution in [3.8, 4) is 11.5 Å². The van der Waals surface area contributed by atoms with Crippen LogP contribution < -0.4 is 14.8 Å². The average Bonchev–Trinajstić information content (AvgIpc) is 3.41. The van der Waals surface area contributed by atoms with Crippen LogP contribution >= 0.6 is 11.8 Å². The van der Waals surface area contributed by atoms with Crippen LogP contribution in [0.4, 0.5) is 0 Å². The highest BCUT2D eigenvalue weighted by Gasteiger charge is 2.50. The molecule has 1 N–H and O–H groups in total. The van der Waals surface area contributed by atoms with E-state index in [9.17, 15) is 4.79 Å². The fourth-order valence-corrected chi connectivity index (χ4v) is 3.95. The van der Waals surface area contributed by atoms with Crippen LogP contribution in [0.2, 0.25) is 0 Å². The maximum Gasteiger partial charge on any atom is 0.236 e. The fourth-order valence-electron chi connectivity index (χ4n) is 2.73. The van der Waals surface area contributed by atoms with Crippen molar-refractivity contribution in [3.63, 3.8) is 0 Å². The number of fused-ring (bicyclic) bond motifs is 1. The quantitative estimate of drug-likeness (QED) is 0.907. The first-order valence-corrected chi connectivity index (χ1v) is 8.98. The molecule has 1 aliphatic carbocycles. The number of ether oxygens (including phenoxy) is 2. The summed E-state index contributed by atoms with van der Waals surface area (Å²) in [6.07, 6.45) is 1.69. The van der Waals surface area contributed by atoms with E-state index in [4.69, 9.17) is 9.47 Å². The zero-order valence-electron chi connectivity index (χ0n) is 13.2. The van der Waals surface area contributed by atoms with Gasteiger partial charge in [-0.15, -0.1) is 11.8 Å². The number of nitrogens with one attached hydrogen (secondary N) is 1. The van der Waals surface area contributed by atoms with Crippen LogP contribution in [-0.4, -0.2) is 29.9 Å². The Labute approximate surface area is 145 Å². The number of carbonyl (C=O) groups excluding carboxylic acids is 1. The molecule has 2 aromatic rings.